The van der Waals surface area contributed by atoms with Gasteiger partial charge in [0.05, 0.1) is 6.42 Å². The van der Waals surface area contributed by atoms with E-state index in [2.05, 4.69) is 0 Å². The van der Waals surface area contributed by atoms with Gasteiger partial charge in [0.1, 0.15) is 6.23 Å². The van der Waals surface area contributed by atoms with Crippen LogP contribution in [-0.4, -0.2) is 35.4 Å². The highest BCUT2D eigenvalue weighted by Crippen LogP contribution is 2.22. The van der Waals surface area contributed by atoms with Crippen LogP contribution >= 0.6 is 0 Å². The summed E-state index contributed by atoms with van der Waals surface area (Å²) in [7, 11) is 1.11. The van der Waals surface area contributed by atoms with E-state index in [1.165, 1.54) is 0 Å². The summed E-state index contributed by atoms with van der Waals surface area (Å²) in [5, 5.41) is 8.81. The van der Waals surface area contributed by atoms with Crippen LogP contribution in [0.5, 0.6) is 0 Å². The van der Waals surface area contributed by atoms with E-state index in [4.69, 9.17) is 5.11 Å². The molecule has 0 spiro atoms. The normalized spacial score (nSPS) is 14.2. The fraction of sp³-hybridized carbons (Fsp3) is 0.833. The van der Waals surface area contributed by atoms with E-state index in [1.807, 2.05) is 0 Å². The third kappa shape index (κ3) is 4.17. The number of nitrogens with zero attached hydrogens (tertiary/aromatic N) is 1. The zero-order valence-corrected chi connectivity index (χ0v) is 6.72. The van der Waals surface area contributed by atoms with Gasteiger partial charge in [-0.3, -0.25) is 4.79 Å². The largest absolute Gasteiger partial charge is 0.393 e. The molecule has 6 heteroatoms. The summed E-state index contributed by atoms with van der Waals surface area (Å²) in [6, 6.07) is 0. The van der Waals surface area contributed by atoms with Gasteiger partial charge in [-0.15, -0.1) is 0 Å². The lowest BCUT2D eigenvalue weighted by Crippen LogP contribution is -2.38. The Morgan fingerprint density at radius 1 is 1.58 bits per heavy atom. The van der Waals surface area contributed by atoms with Gasteiger partial charge < -0.3 is 10.0 Å². The zero-order chi connectivity index (χ0) is 9.94. The van der Waals surface area contributed by atoms with Gasteiger partial charge >= 0.3 is 6.18 Å². The average molecular weight is 185 g/mol. The molecule has 0 fully saturated rings. The van der Waals surface area contributed by atoms with Crippen LogP contribution in [-0.2, 0) is 4.79 Å². The quantitative estimate of drug-likeness (QED) is 0.644. The lowest BCUT2D eigenvalue weighted by Gasteiger charge is -2.22. The van der Waals surface area contributed by atoms with Gasteiger partial charge in [-0.05, 0) is 0 Å². The highest BCUT2D eigenvalue weighted by molar-refractivity contribution is 5.72. The van der Waals surface area contributed by atoms with E-state index < -0.39 is 24.7 Å². The summed E-state index contributed by atoms with van der Waals surface area (Å²) < 4.78 is 34.9. The highest BCUT2D eigenvalue weighted by atomic mass is 19.4. The number of alkyl halides is 3. The molecule has 0 rings (SSSR count). The minimum Gasteiger partial charge on any atom is -0.373 e. The molecule has 12 heavy (non-hydrogen) atoms. The smallest absolute Gasteiger partial charge is 0.373 e. The Bertz CT molecular complexity index is 169. The van der Waals surface area contributed by atoms with Gasteiger partial charge in [0.25, 0.3) is 0 Å². The molecule has 0 aliphatic heterocycles. The number of hydrogen-bond acceptors (Lipinski definition) is 2. The second kappa shape index (κ2) is 3.75. The SMILES string of the molecule is CC(=O)N(C)C(O)CC(F)(F)F. The van der Waals surface area contributed by atoms with Crippen LogP contribution in [0.15, 0.2) is 0 Å². The van der Waals surface area contributed by atoms with Crippen molar-refractivity contribution in [2.24, 2.45) is 0 Å². The van der Waals surface area contributed by atoms with Crippen molar-refractivity contribution in [1.82, 2.24) is 4.90 Å². The molecule has 0 aromatic heterocycles. The fourth-order valence-electron chi connectivity index (χ4n) is 0.554. The maximum Gasteiger partial charge on any atom is 0.393 e. The Morgan fingerprint density at radius 3 is 2.25 bits per heavy atom. The monoisotopic (exact) mass is 185 g/mol. The van der Waals surface area contributed by atoms with Crippen LogP contribution in [0.1, 0.15) is 13.3 Å². The predicted octanol–water partition coefficient (Wildman–Crippen LogP) is 0.736. The summed E-state index contributed by atoms with van der Waals surface area (Å²) in [5.41, 5.74) is 0. The van der Waals surface area contributed by atoms with Crippen molar-refractivity contribution in [2.45, 2.75) is 25.7 Å². The maximum absolute atomic E-state index is 11.6. The molecule has 1 amide bonds. The molecule has 1 atom stereocenters. The summed E-state index contributed by atoms with van der Waals surface area (Å²) in [6.45, 7) is 1.08. The van der Waals surface area contributed by atoms with Crippen molar-refractivity contribution < 1.29 is 23.1 Å². The number of aliphatic hydroxyl groups is 1. The number of rotatable bonds is 2. The predicted molar refractivity (Wildman–Crippen MR) is 35.1 cm³/mol. The van der Waals surface area contributed by atoms with Crippen molar-refractivity contribution in [1.29, 1.82) is 0 Å². The van der Waals surface area contributed by atoms with Crippen LogP contribution in [0.2, 0.25) is 0 Å². The molecular formula is C6H10F3NO2. The Kier molecular flexibility index (Phi) is 3.51. The van der Waals surface area contributed by atoms with Gasteiger partial charge in [-0.1, -0.05) is 0 Å². The van der Waals surface area contributed by atoms with Crippen LogP contribution in [0.4, 0.5) is 13.2 Å². The van der Waals surface area contributed by atoms with Crippen LogP contribution in [0.3, 0.4) is 0 Å². The molecule has 0 aromatic rings. The maximum atomic E-state index is 11.6. The lowest BCUT2D eigenvalue weighted by atomic mass is 10.3. The number of carbonyl (C=O) groups excluding carboxylic acids is 1. The second-order valence-electron chi connectivity index (χ2n) is 2.43. The van der Waals surface area contributed by atoms with Gasteiger partial charge in [0, 0.05) is 14.0 Å². The topological polar surface area (TPSA) is 40.5 Å². The summed E-state index contributed by atoms with van der Waals surface area (Å²) >= 11 is 0. The molecule has 0 aromatic carbocycles. The number of amides is 1. The first kappa shape index (κ1) is 11.2. The van der Waals surface area contributed by atoms with E-state index in [9.17, 15) is 18.0 Å². The first-order valence-electron chi connectivity index (χ1n) is 3.22. The molecule has 0 saturated heterocycles. The third-order valence-corrected chi connectivity index (χ3v) is 1.36. The summed E-state index contributed by atoms with van der Waals surface area (Å²) in [4.78, 5) is 11.1. The van der Waals surface area contributed by atoms with E-state index >= 15 is 0 Å². The average Bonchev–Trinajstić information content (AvgIpc) is 1.82. The number of hydrogen-bond donors (Lipinski definition) is 1. The zero-order valence-electron chi connectivity index (χ0n) is 6.72. The third-order valence-electron chi connectivity index (χ3n) is 1.36. The Morgan fingerprint density at radius 2 is 2.00 bits per heavy atom. The highest BCUT2D eigenvalue weighted by Gasteiger charge is 2.33. The molecule has 0 aliphatic carbocycles. The lowest BCUT2D eigenvalue weighted by molar-refractivity contribution is -0.175. The number of carbonyl (C=O) groups is 1. The molecule has 0 heterocycles. The minimum absolute atomic E-state index is 0.605. The molecule has 0 radical (unpaired) electrons. The van der Waals surface area contributed by atoms with Crippen molar-refractivity contribution >= 4 is 5.91 Å². The first-order chi connectivity index (χ1) is 5.24. The van der Waals surface area contributed by atoms with E-state index in [-0.39, 0.29) is 0 Å². The van der Waals surface area contributed by atoms with Crippen molar-refractivity contribution in [3.8, 4) is 0 Å². The Hall–Kier alpha value is -0.780. The molecule has 1 unspecified atom stereocenters. The van der Waals surface area contributed by atoms with Gasteiger partial charge in [-0.25, -0.2) is 0 Å². The number of aliphatic hydroxyl groups excluding tert-OH is 1. The summed E-state index contributed by atoms with van der Waals surface area (Å²) in [5.74, 6) is -0.605. The molecule has 0 saturated carbocycles. The Labute approximate surface area is 67.8 Å². The Balaban J connectivity index is 4.04. The van der Waals surface area contributed by atoms with Crippen LogP contribution in [0.25, 0.3) is 0 Å². The van der Waals surface area contributed by atoms with Crippen LogP contribution < -0.4 is 0 Å². The molecule has 3 nitrogen and oxygen atoms in total. The first-order valence-corrected chi connectivity index (χ1v) is 3.22. The van der Waals surface area contributed by atoms with Gasteiger partial charge in [0.2, 0.25) is 5.91 Å². The van der Waals surface area contributed by atoms with Crippen molar-refractivity contribution in [3.63, 3.8) is 0 Å². The molecule has 1 N–H and O–H groups in total. The van der Waals surface area contributed by atoms with E-state index in [0.717, 1.165) is 14.0 Å². The van der Waals surface area contributed by atoms with Crippen LogP contribution in [0, 0.1) is 0 Å². The minimum atomic E-state index is -4.46. The van der Waals surface area contributed by atoms with Crippen molar-refractivity contribution in [3.05, 3.63) is 0 Å². The van der Waals surface area contributed by atoms with Gasteiger partial charge in [-0.2, -0.15) is 13.2 Å². The second-order valence-corrected chi connectivity index (χ2v) is 2.43. The fourth-order valence-corrected chi connectivity index (χ4v) is 0.554. The summed E-state index contributed by atoms with van der Waals surface area (Å²) in [6.07, 6.45) is -7.64. The van der Waals surface area contributed by atoms with E-state index in [1.54, 1.807) is 0 Å². The standard InChI is InChI=1S/C6H10F3NO2/c1-4(11)10(2)5(12)3-6(7,8)9/h5,12H,3H2,1-2H3. The van der Waals surface area contributed by atoms with E-state index in [0.29, 0.717) is 4.90 Å². The molecule has 0 aliphatic rings. The van der Waals surface area contributed by atoms with Gasteiger partial charge in [0.15, 0.2) is 0 Å². The van der Waals surface area contributed by atoms with Crippen molar-refractivity contribution in [2.75, 3.05) is 7.05 Å². The molecule has 0 bridgehead atoms. The molecule has 72 valence electrons. The number of halogens is 3. The molecular weight excluding hydrogens is 175 g/mol.